The van der Waals surface area contributed by atoms with Crippen LogP contribution in [0.25, 0.3) is 0 Å². The predicted octanol–water partition coefficient (Wildman–Crippen LogP) is 2.85. The zero-order valence-corrected chi connectivity index (χ0v) is 14.2. The fourth-order valence-corrected chi connectivity index (χ4v) is 3.62. The van der Waals surface area contributed by atoms with Gasteiger partial charge in [0.2, 0.25) is 5.91 Å². The average molecular weight is 337 g/mol. The molecule has 0 radical (unpaired) electrons. The Balaban J connectivity index is 1.40. The molecule has 0 saturated carbocycles. The number of carbonyl (C=O) groups is 1. The second-order valence-corrected chi connectivity index (χ2v) is 7.00. The van der Waals surface area contributed by atoms with Crippen molar-refractivity contribution in [2.75, 3.05) is 26.2 Å². The molecule has 1 N–H and O–H groups in total. The van der Waals surface area contributed by atoms with Gasteiger partial charge >= 0.3 is 0 Å². The Labute approximate surface area is 143 Å². The van der Waals surface area contributed by atoms with Crippen molar-refractivity contribution in [2.24, 2.45) is 5.92 Å². The highest BCUT2D eigenvalue weighted by atomic mass is 35.5. The predicted molar refractivity (Wildman–Crippen MR) is 91.4 cm³/mol. The zero-order valence-electron chi connectivity index (χ0n) is 13.5. The molecule has 0 bridgehead atoms. The number of ether oxygens (including phenoxy) is 1. The number of piperidine rings is 1. The third kappa shape index (κ3) is 4.93. The summed E-state index contributed by atoms with van der Waals surface area (Å²) in [4.78, 5) is 14.7. The lowest BCUT2D eigenvalue weighted by atomic mass is 9.95. The number of likely N-dealkylation sites (tertiary alicyclic amines) is 1. The Morgan fingerprint density at radius 1 is 1.30 bits per heavy atom. The Morgan fingerprint density at radius 3 is 2.83 bits per heavy atom. The van der Waals surface area contributed by atoms with Crippen LogP contribution in [0.1, 0.15) is 31.2 Å². The van der Waals surface area contributed by atoms with Crippen LogP contribution < -0.4 is 5.32 Å². The van der Waals surface area contributed by atoms with Gasteiger partial charge in [0.05, 0.1) is 6.10 Å². The molecule has 1 aromatic carbocycles. The fraction of sp³-hybridized carbons (Fsp3) is 0.611. The van der Waals surface area contributed by atoms with E-state index in [9.17, 15) is 4.79 Å². The smallest absolute Gasteiger partial charge is 0.223 e. The highest BCUT2D eigenvalue weighted by Gasteiger charge is 2.26. The summed E-state index contributed by atoms with van der Waals surface area (Å²) >= 11 is 6.03. The van der Waals surface area contributed by atoms with Crippen molar-refractivity contribution in [3.63, 3.8) is 0 Å². The first-order chi connectivity index (χ1) is 11.2. The van der Waals surface area contributed by atoms with Gasteiger partial charge in [0.1, 0.15) is 0 Å². The summed E-state index contributed by atoms with van der Waals surface area (Å²) in [5, 5.41) is 3.85. The molecule has 3 rings (SSSR count). The van der Waals surface area contributed by atoms with E-state index in [1.807, 2.05) is 18.2 Å². The van der Waals surface area contributed by atoms with Gasteiger partial charge in [-0.2, -0.15) is 0 Å². The molecule has 23 heavy (non-hydrogen) atoms. The lowest BCUT2D eigenvalue weighted by Crippen LogP contribution is -2.42. The van der Waals surface area contributed by atoms with E-state index >= 15 is 0 Å². The summed E-state index contributed by atoms with van der Waals surface area (Å²) < 4.78 is 5.55. The van der Waals surface area contributed by atoms with Gasteiger partial charge in [-0.15, -0.1) is 0 Å². The molecule has 2 fully saturated rings. The summed E-state index contributed by atoms with van der Waals surface area (Å²) in [6.45, 7) is 4.34. The minimum Gasteiger partial charge on any atom is -0.376 e. The molecule has 2 heterocycles. The van der Waals surface area contributed by atoms with Gasteiger partial charge in [-0.05, 0) is 56.5 Å². The number of hydrogen-bond donors (Lipinski definition) is 1. The van der Waals surface area contributed by atoms with E-state index in [0.29, 0.717) is 6.54 Å². The number of halogens is 1. The number of rotatable bonds is 5. The molecule has 2 aliphatic rings. The molecule has 5 heteroatoms. The standard InChI is InChI=1S/C18H25ClN2O2/c19-16-4-1-3-14(11-16)13-21-8-6-15(7-9-21)18(22)20-12-17-5-2-10-23-17/h1,3-4,11,15,17H,2,5-10,12-13H2,(H,20,22)/t17-/m1/s1. The van der Waals surface area contributed by atoms with Crippen molar-refractivity contribution in [3.8, 4) is 0 Å². The highest BCUT2D eigenvalue weighted by molar-refractivity contribution is 6.30. The van der Waals surface area contributed by atoms with E-state index < -0.39 is 0 Å². The summed E-state index contributed by atoms with van der Waals surface area (Å²) in [6, 6.07) is 8.01. The second-order valence-electron chi connectivity index (χ2n) is 6.56. The van der Waals surface area contributed by atoms with E-state index in [1.54, 1.807) is 0 Å². The molecule has 0 unspecified atom stereocenters. The number of amides is 1. The molecule has 0 aliphatic carbocycles. The molecular weight excluding hydrogens is 312 g/mol. The number of nitrogens with zero attached hydrogens (tertiary/aromatic N) is 1. The van der Waals surface area contributed by atoms with E-state index in [-0.39, 0.29) is 17.9 Å². The van der Waals surface area contributed by atoms with Crippen LogP contribution in [0.5, 0.6) is 0 Å². The lowest BCUT2D eigenvalue weighted by Gasteiger charge is -2.31. The van der Waals surface area contributed by atoms with Crippen molar-refractivity contribution in [1.29, 1.82) is 0 Å². The van der Waals surface area contributed by atoms with Crippen molar-refractivity contribution in [1.82, 2.24) is 10.2 Å². The van der Waals surface area contributed by atoms with Gasteiger partial charge in [-0.1, -0.05) is 23.7 Å². The maximum absolute atomic E-state index is 12.3. The normalized spacial score (nSPS) is 23.1. The third-order valence-corrected chi connectivity index (χ3v) is 5.02. The first-order valence-corrected chi connectivity index (χ1v) is 8.94. The third-order valence-electron chi connectivity index (χ3n) is 4.78. The molecular formula is C18H25ClN2O2. The molecule has 4 nitrogen and oxygen atoms in total. The van der Waals surface area contributed by atoms with Crippen molar-refractivity contribution < 1.29 is 9.53 Å². The van der Waals surface area contributed by atoms with Crippen LogP contribution in [0.15, 0.2) is 24.3 Å². The van der Waals surface area contributed by atoms with Gasteiger partial charge in [0.25, 0.3) is 0 Å². The van der Waals surface area contributed by atoms with Crippen LogP contribution in [0.2, 0.25) is 5.02 Å². The number of hydrogen-bond acceptors (Lipinski definition) is 3. The molecule has 0 spiro atoms. The summed E-state index contributed by atoms with van der Waals surface area (Å²) in [7, 11) is 0. The maximum Gasteiger partial charge on any atom is 0.223 e. The second kappa shape index (κ2) is 8.13. The van der Waals surface area contributed by atoms with E-state index in [2.05, 4.69) is 16.3 Å². The minimum absolute atomic E-state index is 0.145. The molecule has 0 aromatic heterocycles. The van der Waals surface area contributed by atoms with Crippen molar-refractivity contribution in [2.45, 2.75) is 38.3 Å². The van der Waals surface area contributed by atoms with Gasteiger partial charge < -0.3 is 10.1 Å². The van der Waals surface area contributed by atoms with Gasteiger partial charge in [0.15, 0.2) is 0 Å². The quantitative estimate of drug-likeness (QED) is 0.899. The first kappa shape index (κ1) is 16.7. The Kier molecular flexibility index (Phi) is 5.92. The molecule has 126 valence electrons. The molecule has 2 saturated heterocycles. The van der Waals surface area contributed by atoms with Crippen LogP contribution in [0.3, 0.4) is 0 Å². The highest BCUT2D eigenvalue weighted by Crippen LogP contribution is 2.20. The van der Waals surface area contributed by atoms with Gasteiger partial charge in [-0.25, -0.2) is 0 Å². The van der Waals surface area contributed by atoms with Gasteiger partial charge in [-0.3, -0.25) is 9.69 Å². The summed E-state index contributed by atoms with van der Waals surface area (Å²) in [5.41, 5.74) is 1.23. The van der Waals surface area contributed by atoms with Crippen LogP contribution >= 0.6 is 11.6 Å². The van der Waals surface area contributed by atoms with E-state index in [0.717, 1.165) is 56.9 Å². The minimum atomic E-state index is 0.145. The molecule has 1 amide bonds. The van der Waals surface area contributed by atoms with Crippen molar-refractivity contribution >= 4 is 17.5 Å². The first-order valence-electron chi connectivity index (χ1n) is 8.57. The van der Waals surface area contributed by atoms with Gasteiger partial charge in [0, 0.05) is 30.6 Å². The fourth-order valence-electron chi connectivity index (χ4n) is 3.41. The molecule has 1 aromatic rings. The zero-order chi connectivity index (χ0) is 16.1. The largest absolute Gasteiger partial charge is 0.376 e. The lowest BCUT2D eigenvalue weighted by molar-refractivity contribution is -0.127. The SMILES string of the molecule is O=C(NC[C@H]1CCCO1)C1CCN(Cc2cccc(Cl)c2)CC1. The number of benzene rings is 1. The molecule has 1 atom stereocenters. The van der Waals surface area contributed by atoms with E-state index in [4.69, 9.17) is 16.3 Å². The Morgan fingerprint density at radius 2 is 2.13 bits per heavy atom. The van der Waals surface area contributed by atoms with Crippen LogP contribution in [0, 0.1) is 5.92 Å². The summed E-state index contributed by atoms with van der Waals surface area (Å²) in [6.07, 6.45) is 4.26. The van der Waals surface area contributed by atoms with Crippen LogP contribution in [-0.2, 0) is 16.1 Å². The van der Waals surface area contributed by atoms with Crippen molar-refractivity contribution in [3.05, 3.63) is 34.9 Å². The summed E-state index contributed by atoms with van der Waals surface area (Å²) in [5.74, 6) is 0.343. The van der Waals surface area contributed by atoms with Crippen LogP contribution in [-0.4, -0.2) is 43.2 Å². The topological polar surface area (TPSA) is 41.6 Å². The Bertz CT molecular complexity index is 524. The number of nitrogens with one attached hydrogen (secondary N) is 1. The Hall–Kier alpha value is -1.10. The average Bonchev–Trinajstić information content (AvgIpc) is 3.07. The number of carbonyl (C=O) groups excluding carboxylic acids is 1. The van der Waals surface area contributed by atoms with E-state index in [1.165, 1.54) is 5.56 Å². The maximum atomic E-state index is 12.3. The van der Waals surface area contributed by atoms with Crippen LogP contribution in [0.4, 0.5) is 0 Å². The monoisotopic (exact) mass is 336 g/mol. The molecule has 2 aliphatic heterocycles.